The van der Waals surface area contributed by atoms with Crippen LogP contribution in [-0.4, -0.2) is 46.4 Å². The summed E-state index contributed by atoms with van der Waals surface area (Å²) in [6, 6.07) is 5.80. The summed E-state index contributed by atoms with van der Waals surface area (Å²) in [7, 11) is 3.95. The minimum atomic E-state index is -0.0204. The molecule has 2 fully saturated rings. The first-order chi connectivity index (χ1) is 12.1. The molecule has 0 bridgehead atoms. The number of hydrogen-bond donors (Lipinski definition) is 0. The van der Waals surface area contributed by atoms with Crippen LogP contribution in [0.4, 0.5) is 11.6 Å². The molecular weight excluding hydrogens is 316 g/mol. The first kappa shape index (κ1) is 16.1. The van der Waals surface area contributed by atoms with Gasteiger partial charge in [-0.05, 0) is 31.7 Å². The van der Waals surface area contributed by atoms with Gasteiger partial charge in [0, 0.05) is 38.7 Å². The van der Waals surface area contributed by atoms with E-state index >= 15 is 0 Å². The van der Waals surface area contributed by atoms with Crippen LogP contribution in [-0.2, 0) is 6.54 Å². The van der Waals surface area contributed by atoms with Crippen LogP contribution in [0, 0.1) is 0 Å². The Kier molecular flexibility index (Phi) is 4.15. The smallest absolute Gasteiger partial charge is 0.266 e. The molecule has 0 aromatic carbocycles. The highest BCUT2D eigenvalue weighted by Crippen LogP contribution is 2.38. The largest absolute Gasteiger partial charge is 0.363 e. The topological polar surface area (TPSA) is 67.2 Å². The molecular formula is C18H24N6O. The number of nitrogens with zero attached hydrogens (tertiary/aromatic N) is 6. The molecule has 1 unspecified atom stereocenters. The molecule has 1 saturated heterocycles. The predicted octanol–water partition coefficient (Wildman–Crippen LogP) is 1.65. The standard InChI is InChI=1S/C18H24N6O/c1-22(2)16-10-17(20-12-19-16)23-9-3-4-14(23)11-24-18(25)8-7-15(21-24)13-5-6-13/h7-8,10,12-14H,3-6,9,11H2,1-2H3. The zero-order valence-corrected chi connectivity index (χ0v) is 14.8. The van der Waals surface area contributed by atoms with Crippen molar-refractivity contribution in [3.05, 3.63) is 40.6 Å². The zero-order valence-electron chi connectivity index (χ0n) is 14.8. The molecule has 2 aromatic rings. The van der Waals surface area contributed by atoms with E-state index in [9.17, 15) is 4.79 Å². The molecule has 25 heavy (non-hydrogen) atoms. The van der Waals surface area contributed by atoms with E-state index in [-0.39, 0.29) is 11.6 Å². The second-order valence-corrected chi connectivity index (χ2v) is 7.17. The predicted molar refractivity (Wildman–Crippen MR) is 97.2 cm³/mol. The summed E-state index contributed by atoms with van der Waals surface area (Å²) in [5.41, 5.74) is 1.04. The lowest BCUT2D eigenvalue weighted by Gasteiger charge is -2.26. The van der Waals surface area contributed by atoms with Crippen LogP contribution in [0.15, 0.2) is 29.3 Å². The van der Waals surface area contributed by atoms with Gasteiger partial charge in [0.25, 0.3) is 5.56 Å². The summed E-state index contributed by atoms with van der Waals surface area (Å²) in [4.78, 5) is 25.2. The van der Waals surface area contributed by atoms with E-state index in [1.165, 1.54) is 12.8 Å². The van der Waals surface area contributed by atoms with Gasteiger partial charge in [-0.15, -0.1) is 0 Å². The van der Waals surface area contributed by atoms with Gasteiger partial charge in [-0.25, -0.2) is 14.6 Å². The molecule has 0 amide bonds. The molecule has 0 radical (unpaired) electrons. The Bertz CT molecular complexity index is 813. The molecule has 7 nitrogen and oxygen atoms in total. The van der Waals surface area contributed by atoms with Gasteiger partial charge >= 0.3 is 0 Å². The Morgan fingerprint density at radius 3 is 2.80 bits per heavy atom. The number of rotatable bonds is 5. The Morgan fingerprint density at radius 2 is 2.04 bits per heavy atom. The van der Waals surface area contributed by atoms with Crippen molar-refractivity contribution >= 4 is 11.6 Å². The molecule has 7 heteroatoms. The SMILES string of the molecule is CN(C)c1cc(N2CCCC2Cn2nc(C3CC3)ccc2=O)ncn1. The van der Waals surface area contributed by atoms with Crippen LogP contribution in [0.2, 0.25) is 0 Å². The molecule has 1 aliphatic heterocycles. The van der Waals surface area contributed by atoms with Crippen molar-refractivity contribution < 1.29 is 0 Å². The van der Waals surface area contributed by atoms with Gasteiger partial charge in [-0.3, -0.25) is 4.79 Å². The number of anilines is 2. The third-order valence-corrected chi connectivity index (χ3v) is 5.03. The summed E-state index contributed by atoms with van der Waals surface area (Å²) >= 11 is 0. The van der Waals surface area contributed by atoms with Gasteiger partial charge in [-0.2, -0.15) is 5.10 Å². The van der Waals surface area contributed by atoms with Gasteiger partial charge in [0.15, 0.2) is 0 Å². The lowest BCUT2D eigenvalue weighted by atomic mass is 10.2. The molecule has 4 rings (SSSR count). The van der Waals surface area contributed by atoms with Crippen LogP contribution in [0.1, 0.15) is 37.3 Å². The second kappa shape index (κ2) is 6.46. The zero-order chi connectivity index (χ0) is 17.4. The summed E-state index contributed by atoms with van der Waals surface area (Å²) in [5, 5.41) is 4.61. The van der Waals surface area contributed by atoms with E-state index < -0.39 is 0 Å². The van der Waals surface area contributed by atoms with Gasteiger partial charge in [0.05, 0.1) is 18.3 Å². The van der Waals surface area contributed by atoms with E-state index in [4.69, 9.17) is 0 Å². The first-order valence-corrected chi connectivity index (χ1v) is 8.96. The third-order valence-electron chi connectivity index (χ3n) is 5.03. The van der Waals surface area contributed by atoms with Crippen LogP contribution in [0.25, 0.3) is 0 Å². The minimum absolute atomic E-state index is 0.0204. The van der Waals surface area contributed by atoms with Gasteiger partial charge in [0.1, 0.15) is 18.0 Å². The van der Waals surface area contributed by atoms with Gasteiger partial charge < -0.3 is 9.80 Å². The molecule has 132 valence electrons. The van der Waals surface area contributed by atoms with Crippen molar-refractivity contribution in [2.75, 3.05) is 30.4 Å². The molecule has 1 saturated carbocycles. The van der Waals surface area contributed by atoms with E-state index in [0.29, 0.717) is 12.5 Å². The minimum Gasteiger partial charge on any atom is -0.363 e. The average molecular weight is 340 g/mol. The van der Waals surface area contributed by atoms with E-state index in [0.717, 1.165) is 36.7 Å². The fourth-order valence-electron chi connectivity index (χ4n) is 3.46. The summed E-state index contributed by atoms with van der Waals surface area (Å²) < 4.78 is 1.64. The fourth-order valence-corrected chi connectivity index (χ4v) is 3.46. The molecule has 1 atom stereocenters. The van der Waals surface area contributed by atoms with Crippen molar-refractivity contribution in [3.8, 4) is 0 Å². The van der Waals surface area contributed by atoms with Crippen molar-refractivity contribution in [2.24, 2.45) is 0 Å². The molecule has 0 N–H and O–H groups in total. The maximum Gasteiger partial charge on any atom is 0.266 e. The highest BCUT2D eigenvalue weighted by molar-refractivity contribution is 5.50. The molecule has 2 aliphatic rings. The lowest BCUT2D eigenvalue weighted by molar-refractivity contribution is 0.481. The quantitative estimate of drug-likeness (QED) is 0.824. The summed E-state index contributed by atoms with van der Waals surface area (Å²) in [5.74, 6) is 2.37. The lowest BCUT2D eigenvalue weighted by Crippen LogP contribution is -2.37. The van der Waals surface area contributed by atoms with Crippen molar-refractivity contribution in [1.82, 2.24) is 19.7 Å². The molecule has 3 heterocycles. The maximum absolute atomic E-state index is 12.2. The van der Waals surface area contributed by atoms with Crippen molar-refractivity contribution in [2.45, 2.75) is 44.2 Å². The van der Waals surface area contributed by atoms with Gasteiger partial charge in [0.2, 0.25) is 0 Å². The Hall–Kier alpha value is -2.44. The second-order valence-electron chi connectivity index (χ2n) is 7.17. The van der Waals surface area contributed by atoms with Gasteiger partial charge in [-0.1, -0.05) is 0 Å². The Labute approximate surface area is 147 Å². The maximum atomic E-state index is 12.2. The monoisotopic (exact) mass is 340 g/mol. The summed E-state index contributed by atoms with van der Waals surface area (Å²) in [6.45, 7) is 1.56. The van der Waals surface area contributed by atoms with Crippen LogP contribution in [0.5, 0.6) is 0 Å². The first-order valence-electron chi connectivity index (χ1n) is 8.96. The number of aromatic nitrogens is 4. The summed E-state index contributed by atoms with van der Waals surface area (Å²) in [6.07, 6.45) is 6.13. The van der Waals surface area contributed by atoms with Crippen LogP contribution in [0.3, 0.4) is 0 Å². The highest BCUT2D eigenvalue weighted by atomic mass is 16.1. The van der Waals surface area contributed by atoms with E-state index in [1.54, 1.807) is 17.1 Å². The van der Waals surface area contributed by atoms with Crippen LogP contribution < -0.4 is 15.4 Å². The average Bonchev–Trinajstić information content (AvgIpc) is 3.36. The molecule has 1 aliphatic carbocycles. The normalized spacial score (nSPS) is 20.1. The van der Waals surface area contributed by atoms with Crippen molar-refractivity contribution in [1.29, 1.82) is 0 Å². The van der Waals surface area contributed by atoms with Crippen LogP contribution >= 0.6 is 0 Å². The number of hydrogen-bond acceptors (Lipinski definition) is 6. The van der Waals surface area contributed by atoms with Crippen molar-refractivity contribution in [3.63, 3.8) is 0 Å². The Balaban J connectivity index is 1.57. The molecule has 0 spiro atoms. The fraction of sp³-hybridized carbons (Fsp3) is 0.556. The Morgan fingerprint density at radius 1 is 1.20 bits per heavy atom. The highest BCUT2D eigenvalue weighted by Gasteiger charge is 2.29. The van der Waals surface area contributed by atoms with E-state index in [2.05, 4.69) is 20.0 Å². The molecule has 2 aromatic heterocycles. The third kappa shape index (κ3) is 3.36. The van der Waals surface area contributed by atoms with E-state index in [1.807, 2.05) is 31.1 Å².